The van der Waals surface area contributed by atoms with Gasteiger partial charge in [-0.25, -0.2) is 4.79 Å². The van der Waals surface area contributed by atoms with Gasteiger partial charge in [-0.3, -0.25) is 4.98 Å². The molecular formula is C23H24F3N5O2. The van der Waals surface area contributed by atoms with Crippen molar-refractivity contribution in [2.75, 3.05) is 18.4 Å². The summed E-state index contributed by atoms with van der Waals surface area (Å²) in [6.07, 6.45) is -3.30. The van der Waals surface area contributed by atoms with Crippen molar-refractivity contribution >= 4 is 22.7 Å². The monoisotopic (exact) mass is 459 g/mol. The van der Waals surface area contributed by atoms with E-state index in [0.29, 0.717) is 35.7 Å². The zero-order chi connectivity index (χ0) is 23.8. The van der Waals surface area contributed by atoms with Crippen LogP contribution in [0.5, 0.6) is 0 Å². The molecule has 0 unspecified atom stereocenters. The van der Waals surface area contributed by atoms with Crippen molar-refractivity contribution in [3.8, 4) is 11.4 Å². The summed E-state index contributed by atoms with van der Waals surface area (Å²) in [5.74, 6) is 0.539. The van der Waals surface area contributed by atoms with Gasteiger partial charge in [0, 0.05) is 36.1 Å². The van der Waals surface area contributed by atoms with Gasteiger partial charge in [0.25, 0.3) is 0 Å². The summed E-state index contributed by atoms with van der Waals surface area (Å²) in [6.45, 7) is 6.50. The molecule has 7 nitrogen and oxygen atoms in total. The maximum Gasteiger partial charge on any atom is 0.417 e. The lowest BCUT2D eigenvalue weighted by Gasteiger charge is -2.24. The quantitative estimate of drug-likeness (QED) is 0.585. The highest BCUT2D eigenvalue weighted by Crippen LogP contribution is 2.32. The fraction of sp³-hybridized carbons (Fsp3) is 0.391. The van der Waals surface area contributed by atoms with E-state index in [2.05, 4.69) is 20.5 Å². The Balaban J connectivity index is 1.56. The average molecular weight is 459 g/mol. The molecule has 1 fully saturated rings. The van der Waals surface area contributed by atoms with Gasteiger partial charge in [0.1, 0.15) is 11.3 Å². The van der Waals surface area contributed by atoms with Crippen molar-refractivity contribution in [2.45, 2.75) is 45.0 Å². The fourth-order valence-electron chi connectivity index (χ4n) is 3.67. The maximum atomic E-state index is 12.9. The highest BCUT2D eigenvalue weighted by atomic mass is 19.4. The smallest absolute Gasteiger partial charge is 0.417 e. The molecule has 1 atom stereocenters. The second kappa shape index (κ2) is 8.49. The largest absolute Gasteiger partial charge is 0.444 e. The molecule has 3 aromatic rings. The Hall–Kier alpha value is -3.43. The van der Waals surface area contributed by atoms with Crippen LogP contribution in [0.1, 0.15) is 32.8 Å². The highest BCUT2D eigenvalue weighted by Gasteiger charge is 2.32. The summed E-state index contributed by atoms with van der Waals surface area (Å²) in [5, 5.41) is 13.4. The molecule has 1 aromatic carbocycles. The number of nitrogens with one attached hydrogen (secondary N) is 1. The van der Waals surface area contributed by atoms with E-state index in [4.69, 9.17) is 4.74 Å². The molecule has 1 aliphatic heterocycles. The predicted octanol–water partition coefficient (Wildman–Crippen LogP) is 5.13. The van der Waals surface area contributed by atoms with Crippen LogP contribution in [0, 0.1) is 0 Å². The van der Waals surface area contributed by atoms with Crippen LogP contribution >= 0.6 is 0 Å². The summed E-state index contributed by atoms with van der Waals surface area (Å²) in [7, 11) is 0. The minimum atomic E-state index is -4.46. The molecule has 1 amide bonds. The normalized spacial score (nSPS) is 16.8. The number of anilines is 1. The van der Waals surface area contributed by atoms with E-state index in [9.17, 15) is 18.0 Å². The zero-order valence-electron chi connectivity index (χ0n) is 18.5. The number of hydrogen-bond acceptors (Lipinski definition) is 6. The Labute approximate surface area is 189 Å². The van der Waals surface area contributed by atoms with Gasteiger partial charge >= 0.3 is 12.3 Å². The second-order valence-corrected chi connectivity index (χ2v) is 8.93. The molecule has 174 valence electrons. The molecule has 1 N–H and O–H groups in total. The molecule has 0 bridgehead atoms. The molecule has 4 rings (SSSR count). The van der Waals surface area contributed by atoms with Crippen LogP contribution < -0.4 is 5.32 Å². The molecule has 33 heavy (non-hydrogen) atoms. The zero-order valence-corrected chi connectivity index (χ0v) is 18.5. The number of nitrogens with zero attached hydrogens (tertiary/aromatic N) is 4. The lowest BCUT2D eigenvalue weighted by Crippen LogP contribution is -2.36. The summed E-state index contributed by atoms with van der Waals surface area (Å²) in [6, 6.07) is 9.59. The van der Waals surface area contributed by atoms with E-state index in [1.165, 1.54) is 6.07 Å². The van der Waals surface area contributed by atoms with Gasteiger partial charge in [-0.2, -0.15) is 13.2 Å². The first-order valence-corrected chi connectivity index (χ1v) is 10.5. The number of benzene rings is 1. The van der Waals surface area contributed by atoms with Gasteiger partial charge in [0.2, 0.25) is 0 Å². The summed E-state index contributed by atoms with van der Waals surface area (Å²) in [4.78, 5) is 17.9. The van der Waals surface area contributed by atoms with Crippen LogP contribution in [0.3, 0.4) is 0 Å². The standard InChI is InChI=1S/C23H24F3N5O2/c1-22(2,3)33-21(32)31-11-10-15(13-31)28-20-17-7-5-4-6-16(17)19(29-30-20)18-9-8-14(12-27-18)23(24,25)26/h4-9,12,15H,10-11,13H2,1-3H3,(H,28,30)/t15-/m0/s1. The number of amides is 1. The first-order valence-electron chi connectivity index (χ1n) is 10.5. The number of aromatic nitrogens is 3. The van der Waals surface area contributed by atoms with Crippen LogP contribution in [-0.2, 0) is 10.9 Å². The number of fused-ring (bicyclic) bond motifs is 1. The van der Waals surface area contributed by atoms with Gasteiger partial charge < -0.3 is 15.0 Å². The highest BCUT2D eigenvalue weighted by molar-refractivity contribution is 5.99. The topological polar surface area (TPSA) is 80.2 Å². The summed E-state index contributed by atoms with van der Waals surface area (Å²) >= 11 is 0. The van der Waals surface area contributed by atoms with Crippen molar-refractivity contribution < 1.29 is 22.7 Å². The summed E-state index contributed by atoms with van der Waals surface area (Å²) < 4.78 is 44.1. The van der Waals surface area contributed by atoms with E-state index in [1.54, 1.807) is 4.90 Å². The number of likely N-dealkylation sites (tertiary alicyclic amines) is 1. The van der Waals surface area contributed by atoms with E-state index in [0.717, 1.165) is 24.1 Å². The van der Waals surface area contributed by atoms with Crippen molar-refractivity contribution in [2.24, 2.45) is 0 Å². The third kappa shape index (κ3) is 5.15. The Morgan fingerprint density at radius 1 is 1.09 bits per heavy atom. The van der Waals surface area contributed by atoms with Crippen molar-refractivity contribution in [1.29, 1.82) is 0 Å². The number of halogens is 3. The minimum absolute atomic E-state index is 0.0368. The number of hydrogen-bond donors (Lipinski definition) is 1. The number of rotatable bonds is 3. The number of carbonyl (C=O) groups excluding carboxylic acids is 1. The SMILES string of the molecule is CC(C)(C)OC(=O)N1CC[C@H](Nc2nnc(-c3ccc(C(F)(F)F)cn3)c3ccccc23)C1. The molecule has 0 spiro atoms. The molecule has 1 saturated heterocycles. The molecule has 2 aromatic heterocycles. The molecular weight excluding hydrogens is 435 g/mol. The lowest BCUT2D eigenvalue weighted by molar-refractivity contribution is -0.137. The van der Waals surface area contributed by atoms with Crippen LogP contribution in [0.15, 0.2) is 42.6 Å². The van der Waals surface area contributed by atoms with Crippen LogP contribution in [-0.4, -0.2) is 50.9 Å². The van der Waals surface area contributed by atoms with Gasteiger partial charge in [-0.05, 0) is 39.3 Å². The third-order valence-electron chi connectivity index (χ3n) is 5.20. The van der Waals surface area contributed by atoms with E-state index < -0.39 is 17.3 Å². The molecule has 3 heterocycles. The van der Waals surface area contributed by atoms with Crippen LogP contribution in [0.4, 0.5) is 23.8 Å². The Morgan fingerprint density at radius 3 is 2.45 bits per heavy atom. The summed E-state index contributed by atoms with van der Waals surface area (Å²) in [5.41, 5.74) is -0.689. The molecule has 1 aliphatic rings. The molecule has 0 radical (unpaired) electrons. The second-order valence-electron chi connectivity index (χ2n) is 8.93. The van der Waals surface area contributed by atoms with Gasteiger partial charge in [0.05, 0.1) is 11.3 Å². The average Bonchev–Trinajstić information content (AvgIpc) is 3.21. The molecule has 0 saturated carbocycles. The maximum absolute atomic E-state index is 12.9. The number of alkyl halides is 3. The van der Waals surface area contributed by atoms with Gasteiger partial charge in [-0.15, -0.1) is 10.2 Å². The fourth-order valence-corrected chi connectivity index (χ4v) is 3.67. The third-order valence-corrected chi connectivity index (χ3v) is 5.20. The van der Waals surface area contributed by atoms with E-state index in [-0.39, 0.29) is 12.1 Å². The van der Waals surface area contributed by atoms with Gasteiger partial charge in [-0.1, -0.05) is 24.3 Å². The first kappa shape index (κ1) is 22.8. The molecule has 10 heteroatoms. The van der Waals surface area contributed by atoms with Crippen molar-refractivity contribution in [3.63, 3.8) is 0 Å². The van der Waals surface area contributed by atoms with Crippen molar-refractivity contribution in [3.05, 3.63) is 48.2 Å². The number of pyridine rings is 1. The number of carbonyl (C=O) groups is 1. The van der Waals surface area contributed by atoms with Crippen molar-refractivity contribution in [1.82, 2.24) is 20.1 Å². The lowest BCUT2D eigenvalue weighted by atomic mass is 10.1. The first-order chi connectivity index (χ1) is 15.5. The number of ether oxygens (including phenoxy) is 1. The van der Waals surface area contributed by atoms with E-state index in [1.807, 2.05) is 45.0 Å². The Morgan fingerprint density at radius 2 is 1.82 bits per heavy atom. The Bertz CT molecular complexity index is 1160. The van der Waals surface area contributed by atoms with E-state index >= 15 is 0 Å². The van der Waals surface area contributed by atoms with Crippen LogP contribution in [0.25, 0.3) is 22.2 Å². The minimum Gasteiger partial charge on any atom is -0.444 e. The Kier molecular flexibility index (Phi) is 5.85. The van der Waals surface area contributed by atoms with Crippen LogP contribution in [0.2, 0.25) is 0 Å². The molecule has 0 aliphatic carbocycles. The predicted molar refractivity (Wildman–Crippen MR) is 118 cm³/mol. The van der Waals surface area contributed by atoms with Gasteiger partial charge in [0.15, 0.2) is 5.82 Å².